The molecule has 2 heterocycles. The Bertz CT molecular complexity index is 1120. The van der Waals surface area contributed by atoms with E-state index in [1.807, 2.05) is 18.2 Å². The van der Waals surface area contributed by atoms with Crippen LogP contribution in [0.15, 0.2) is 65.9 Å². The first-order valence-electron chi connectivity index (χ1n) is 10.4. The molecule has 5 rings (SSSR count). The third kappa shape index (κ3) is 2.94. The summed E-state index contributed by atoms with van der Waals surface area (Å²) in [6, 6.07) is 16.6. The fourth-order valence-corrected chi connectivity index (χ4v) is 5.03. The summed E-state index contributed by atoms with van der Waals surface area (Å²) in [5, 5.41) is 1.24. The molecule has 1 amide bonds. The van der Waals surface area contributed by atoms with Crippen LogP contribution < -0.4 is 4.74 Å². The highest BCUT2D eigenvalue weighted by Gasteiger charge is 2.41. The average Bonchev–Trinajstić information content (AvgIpc) is 3.23. The van der Waals surface area contributed by atoms with Crippen molar-refractivity contribution in [3.63, 3.8) is 0 Å². The number of para-hydroxylation sites is 1. The van der Waals surface area contributed by atoms with E-state index in [1.165, 1.54) is 28.5 Å². The summed E-state index contributed by atoms with van der Waals surface area (Å²) in [5.41, 5.74) is 5.94. The molecule has 1 unspecified atom stereocenters. The van der Waals surface area contributed by atoms with Crippen molar-refractivity contribution in [3.05, 3.63) is 77.0 Å². The molecule has 4 nitrogen and oxygen atoms in total. The monoisotopic (exact) mass is 386 g/mol. The van der Waals surface area contributed by atoms with Crippen molar-refractivity contribution in [2.75, 3.05) is 7.11 Å². The minimum absolute atomic E-state index is 0.0232. The zero-order valence-corrected chi connectivity index (χ0v) is 17.0. The van der Waals surface area contributed by atoms with Gasteiger partial charge in [-0.05, 0) is 55.0 Å². The van der Waals surface area contributed by atoms with Crippen molar-refractivity contribution in [1.82, 2.24) is 9.47 Å². The highest BCUT2D eigenvalue weighted by molar-refractivity contribution is 5.99. The van der Waals surface area contributed by atoms with Crippen molar-refractivity contribution in [2.45, 2.75) is 38.3 Å². The average molecular weight is 386 g/mol. The molecule has 148 valence electrons. The van der Waals surface area contributed by atoms with E-state index in [9.17, 15) is 4.79 Å². The van der Waals surface area contributed by atoms with Crippen LogP contribution in [0.5, 0.6) is 5.75 Å². The van der Waals surface area contributed by atoms with Gasteiger partial charge in [-0.15, -0.1) is 0 Å². The Morgan fingerprint density at radius 1 is 1.07 bits per heavy atom. The fourth-order valence-electron chi connectivity index (χ4n) is 5.03. The summed E-state index contributed by atoms with van der Waals surface area (Å²) in [6.07, 6.45) is 6.42. The van der Waals surface area contributed by atoms with Crippen LogP contribution in [-0.4, -0.2) is 22.5 Å². The number of hydrogen-bond acceptors (Lipinski definition) is 2. The van der Waals surface area contributed by atoms with Gasteiger partial charge in [0.05, 0.1) is 13.2 Å². The lowest BCUT2D eigenvalue weighted by atomic mass is 9.87. The summed E-state index contributed by atoms with van der Waals surface area (Å²) in [6.45, 7) is 0.594. The molecule has 0 N–H and O–H groups in total. The zero-order valence-electron chi connectivity index (χ0n) is 17.0. The molecule has 2 aromatic carbocycles. The van der Waals surface area contributed by atoms with E-state index in [0.717, 1.165) is 36.1 Å². The van der Waals surface area contributed by atoms with E-state index < -0.39 is 0 Å². The Hall–Kier alpha value is -3.01. The molecular formula is C25H26N2O2. The number of fused-ring (bicyclic) bond motifs is 1. The third-order valence-corrected chi connectivity index (χ3v) is 6.38. The van der Waals surface area contributed by atoms with Gasteiger partial charge in [-0.2, -0.15) is 0 Å². The highest BCUT2D eigenvalue weighted by Crippen LogP contribution is 2.47. The van der Waals surface area contributed by atoms with Crippen molar-refractivity contribution in [2.24, 2.45) is 7.05 Å². The normalized spacial score (nSPS) is 19.2. The predicted molar refractivity (Wildman–Crippen MR) is 115 cm³/mol. The molecule has 29 heavy (non-hydrogen) atoms. The molecule has 1 aromatic heterocycles. The Morgan fingerprint density at radius 3 is 2.76 bits per heavy atom. The number of carbonyl (C=O) groups is 1. The molecular weight excluding hydrogens is 360 g/mol. The SMILES string of the molecule is COc1cccc(CN2C(=O)C3=C(CCCC3)C2c2cn(C)c3ccccc23)c1. The van der Waals surface area contributed by atoms with Gasteiger partial charge >= 0.3 is 0 Å². The van der Waals surface area contributed by atoms with Crippen LogP contribution in [0, 0.1) is 0 Å². The minimum atomic E-state index is 0.0232. The molecule has 0 saturated heterocycles. The number of nitrogens with zero attached hydrogens (tertiary/aromatic N) is 2. The van der Waals surface area contributed by atoms with Crippen LogP contribution in [0.4, 0.5) is 0 Å². The molecule has 0 spiro atoms. The van der Waals surface area contributed by atoms with Gasteiger partial charge < -0.3 is 14.2 Å². The quantitative estimate of drug-likeness (QED) is 0.622. The number of methoxy groups -OCH3 is 1. The van der Waals surface area contributed by atoms with E-state index in [2.05, 4.69) is 53.0 Å². The maximum Gasteiger partial charge on any atom is 0.250 e. The van der Waals surface area contributed by atoms with Gasteiger partial charge in [0, 0.05) is 41.8 Å². The van der Waals surface area contributed by atoms with E-state index in [0.29, 0.717) is 6.54 Å². The standard InChI is InChI=1S/C25H26N2O2/c1-26-16-22(19-10-5-6-13-23(19)26)24-20-11-3-4-12-21(20)25(28)27(24)15-17-8-7-9-18(14-17)29-2/h5-10,13-14,16,24H,3-4,11-12,15H2,1-2H3. The van der Waals surface area contributed by atoms with Crippen molar-refractivity contribution < 1.29 is 9.53 Å². The number of aromatic nitrogens is 1. The summed E-state index contributed by atoms with van der Waals surface area (Å²) in [4.78, 5) is 15.5. The Kier molecular flexibility index (Phi) is 4.42. The number of benzene rings is 2. The molecule has 0 saturated carbocycles. The molecule has 2 aliphatic rings. The van der Waals surface area contributed by atoms with Crippen molar-refractivity contribution in [3.8, 4) is 5.75 Å². The van der Waals surface area contributed by atoms with E-state index >= 15 is 0 Å². The smallest absolute Gasteiger partial charge is 0.250 e. The number of hydrogen-bond donors (Lipinski definition) is 0. The highest BCUT2D eigenvalue weighted by atomic mass is 16.5. The number of amides is 1. The zero-order chi connectivity index (χ0) is 20.0. The maximum atomic E-state index is 13.5. The van der Waals surface area contributed by atoms with Crippen LogP contribution in [0.2, 0.25) is 0 Å². The van der Waals surface area contributed by atoms with Gasteiger partial charge in [0.2, 0.25) is 0 Å². The minimum Gasteiger partial charge on any atom is -0.497 e. The first kappa shape index (κ1) is 18.0. The molecule has 0 bridgehead atoms. The van der Waals surface area contributed by atoms with Gasteiger partial charge in [-0.25, -0.2) is 0 Å². The van der Waals surface area contributed by atoms with Gasteiger partial charge in [-0.3, -0.25) is 4.79 Å². The van der Waals surface area contributed by atoms with E-state index in [-0.39, 0.29) is 11.9 Å². The van der Waals surface area contributed by atoms with Gasteiger partial charge in [0.25, 0.3) is 5.91 Å². The lowest BCUT2D eigenvalue weighted by Gasteiger charge is -2.28. The predicted octanol–water partition coefficient (Wildman–Crippen LogP) is 5.14. The van der Waals surface area contributed by atoms with Crippen LogP contribution >= 0.6 is 0 Å². The second kappa shape index (κ2) is 7.11. The van der Waals surface area contributed by atoms with Gasteiger partial charge in [-0.1, -0.05) is 30.3 Å². The summed E-state index contributed by atoms with van der Waals surface area (Å²) >= 11 is 0. The number of ether oxygens (including phenoxy) is 1. The summed E-state index contributed by atoms with van der Waals surface area (Å²) < 4.78 is 7.58. The molecule has 1 aliphatic carbocycles. The molecule has 0 radical (unpaired) electrons. The van der Waals surface area contributed by atoms with Gasteiger partial charge in [0.1, 0.15) is 5.75 Å². The molecule has 0 fully saturated rings. The third-order valence-electron chi connectivity index (χ3n) is 6.38. The topological polar surface area (TPSA) is 34.5 Å². The second-order valence-corrected chi connectivity index (χ2v) is 8.11. The second-order valence-electron chi connectivity index (χ2n) is 8.11. The number of aryl methyl sites for hydroxylation is 1. The Morgan fingerprint density at radius 2 is 1.90 bits per heavy atom. The van der Waals surface area contributed by atoms with Crippen LogP contribution in [0.25, 0.3) is 10.9 Å². The van der Waals surface area contributed by atoms with Crippen LogP contribution in [0.3, 0.4) is 0 Å². The van der Waals surface area contributed by atoms with Crippen LogP contribution in [0.1, 0.15) is 42.9 Å². The maximum absolute atomic E-state index is 13.5. The van der Waals surface area contributed by atoms with E-state index in [4.69, 9.17) is 4.74 Å². The largest absolute Gasteiger partial charge is 0.497 e. The van der Waals surface area contributed by atoms with E-state index in [1.54, 1.807) is 7.11 Å². The van der Waals surface area contributed by atoms with Crippen molar-refractivity contribution >= 4 is 16.8 Å². The van der Waals surface area contributed by atoms with Crippen molar-refractivity contribution in [1.29, 1.82) is 0 Å². The lowest BCUT2D eigenvalue weighted by molar-refractivity contribution is -0.127. The lowest BCUT2D eigenvalue weighted by Crippen LogP contribution is -2.29. The van der Waals surface area contributed by atoms with Crippen LogP contribution in [-0.2, 0) is 18.4 Å². The molecule has 1 aliphatic heterocycles. The fraction of sp³-hybridized carbons (Fsp3) is 0.320. The number of carbonyl (C=O) groups excluding carboxylic acids is 1. The summed E-state index contributed by atoms with van der Waals surface area (Å²) in [7, 11) is 3.77. The first-order valence-corrected chi connectivity index (χ1v) is 10.4. The molecule has 4 heteroatoms. The Labute approximate surface area is 171 Å². The first-order chi connectivity index (χ1) is 14.2. The molecule has 3 aromatic rings. The number of rotatable bonds is 4. The van der Waals surface area contributed by atoms with Gasteiger partial charge in [0.15, 0.2) is 0 Å². The molecule has 1 atom stereocenters. The summed E-state index contributed by atoms with van der Waals surface area (Å²) in [5.74, 6) is 1.04. The Balaban J connectivity index is 1.62.